The summed E-state index contributed by atoms with van der Waals surface area (Å²) in [6, 6.07) is 8.12. The Morgan fingerprint density at radius 2 is 2.11 bits per heavy atom. The van der Waals surface area contributed by atoms with Crippen LogP contribution in [0, 0.1) is 5.92 Å². The van der Waals surface area contributed by atoms with Gasteiger partial charge in [-0.1, -0.05) is 18.2 Å². The molecule has 1 aromatic rings. The molecule has 1 fully saturated rings. The summed E-state index contributed by atoms with van der Waals surface area (Å²) in [7, 11) is 0. The monoisotopic (exact) mass is 258 g/mol. The molecule has 2 aliphatic rings. The molecule has 1 aromatic carbocycles. The number of carbonyl (C=O) groups is 2. The molecule has 3 rings (SSSR count). The molecular weight excluding hydrogens is 240 g/mol. The Balaban J connectivity index is 1.79. The van der Waals surface area contributed by atoms with Crippen molar-refractivity contribution < 1.29 is 9.59 Å². The number of benzene rings is 1. The van der Waals surface area contributed by atoms with E-state index >= 15 is 0 Å². The molecule has 0 aromatic heterocycles. The van der Waals surface area contributed by atoms with Gasteiger partial charge in [0, 0.05) is 25.2 Å². The van der Waals surface area contributed by atoms with Gasteiger partial charge in [-0.15, -0.1) is 0 Å². The molecule has 0 radical (unpaired) electrons. The maximum atomic E-state index is 12.6. The lowest BCUT2D eigenvalue weighted by Gasteiger charge is -2.33. The highest BCUT2D eigenvalue weighted by molar-refractivity contribution is 5.97. The predicted octanol–water partition coefficient (Wildman–Crippen LogP) is 1.49. The maximum absolute atomic E-state index is 12.6. The van der Waals surface area contributed by atoms with Gasteiger partial charge in [-0.3, -0.25) is 9.59 Å². The van der Waals surface area contributed by atoms with Gasteiger partial charge in [-0.25, -0.2) is 0 Å². The summed E-state index contributed by atoms with van der Waals surface area (Å²) >= 11 is 0. The van der Waals surface area contributed by atoms with E-state index in [4.69, 9.17) is 0 Å². The number of anilines is 1. The second kappa shape index (κ2) is 5.03. The number of fused-ring (bicyclic) bond motifs is 1. The van der Waals surface area contributed by atoms with Gasteiger partial charge in [0.2, 0.25) is 11.8 Å². The Kier molecular flexibility index (Phi) is 3.23. The highest BCUT2D eigenvalue weighted by atomic mass is 16.2. The van der Waals surface area contributed by atoms with Crippen LogP contribution in [0.15, 0.2) is 24.3 Å². The first-order valence-electron chi connectivity index (χ1n) is 6.91. The van der Waals surface area contributed by atoms with E-state index in [2.05, 4.69) is 11.4 Å². The number of hydrogen-bond donors (Lipinski definition) is 1. The first kappa shape index (κ1) is 12.2. The van der Waals surface area contributed by atoms with Crippen LogP contribution in [0.2, 0.25) is 0 Å². The standard InChI is InChI=1S/C15H18N2O2/c18-14-8-7-12(10-16-14)15(19)17-9-3-5-11-4-1-2-6-13(11)17/h1-2,4,6,12H,3,5,7-10H2,(H,16,18). The fourth-order valence-electron chi connectivity index (χ4n) is 2.93. The molecule has 4 heteroatoms. The van der Waals surface area contributed by atoms with Gasteiger partial charge in [0.15, 0.2) is 0 Å². The van der Waals surface area contributed by atoms with Gasteiger partial charge >= 0.3 is 0 Å². The SMILES string of the molecule is O=C1CCC(C(=O)N2CCCc3ccccc32)CN1. The van der Waals surface area contributed by atoms with Gasteiger partial charge in [0.05, 0.1) is 5.92 Å². The number of aryl methyl sites for hydroxylation is 1. The van der Waals surface area contributed by atoms with Crippen molar-refractivity contribution in [2.75, 3.05) is 18.0 Å². The zero-order valence-electron chi connectivity index (χ0n) is 10.9. The first-order chi connectivity index (χ1) is 9.25. The number of hydrogen-bond acceptors (Lipinski definition) is 2. The van der Waals surface area contributed by atoms with Crippen molar-refractivity contribution in [2.24, 2.45) is 5.92 Å². The Hall–Kier alpha value is -1.84. The fourth-order valence-corrected chi connectivity index (χ4v) is 2.93. The van der Waals surface area contributed by atoms with E-state index < -0.39 is 0 Å². The average Bonchev–Trinajstić information content (AvgIpc) is 2.47. The quantitative estimate of drug-likeness (QED) is 0.829. The molecule has 2 heterocycles. The lowest BCUT2D eigenvalue weighted by molar-refractivity contribution is -0.127. The molecular formula is C15H18N2O2. The Morgan fingerprint density at radius 1 is 1.26 bits per heavy atom. The van der Waals surface area contributed by atoms with Crippen molar-refractivity contribution in [3.63, 3.8) is 0 Å². The number of carbonyl (C=O) groups excluding carboxylic acids is 2. The zero-order valence-corrected chi connectivity index (χ0v) is 10.9. The lowest BCUT2D eigenvalue weighted by atomic mass is 9.95. The molecule has 0 aliphatic carbocycles. The summed E-state index contributed by atoms with van der Waals surface area (Å²) in [4.78, 5) is 25.7. The minimum absolute atomic E-state index is 0.0584. The summed E-state index contributed by atoms with van der Waals surface area (Å²) < 4.78 is 0. The molecule has 2 aliphatic heterocycles. The molecule has 100 valence electrons. The van der Waals surface area contributed by atoms with Gasteiger partial charge in [0.1, 0.15) is 0 Å². The van der Waals surface area contributed by atoms with Crippen LogP contribution in [0.1, 0.15) is 24.8 Å². The minimum Gasteiger partial charge on any atom is -0.355 e. The van der Waals surface area contributed by atoms with E-state index in [9.17, 15) is 9.59 Å². The van der Waals surface area contributed by atoms with Gasteiger partial charge in [0.25, 0.3) is 0 Å². The third-order valence-electron chi connectivity index (χ3n) is 3.99. The summed E-state index contributed by atoms with van der Waals surface area (Å²) in [6.07, 6.45) is 3.19. The molecule has 0 bridgehead atoms. The van der Waals surface area contributed by atoms with Gasteiger partial charge in [-0.2, -0.15) is 0 Å². The highest BCUT2D eigenvalue weighted by Gasteiger charge is 2.30. The third-order valence-corrected chi connectivity index (χ3v) is 3.99. The van der Waals surface area contributed by atoms with Crippen molar-refractivity contribution >= 4 is 17.5 Å². The number of nitrogens with one attached hydrogen (secondary N) is 1. The molecule has 19 heavy (non-hydrogen) atoms. The van der Waals surface area contributed by atoms with Crippen molar-refractivity contribution in [3.05, 3.63) is 29.8 Å². The van der Waals surface area contributed by atoms with Crippen LogP contribution in [0.5, 0.6) is 0 Å². The van der Waals surface area contributed by atoms with Crippen molar-refractivity contribution in [3.8, 4) is 0 Å². The Bertz CT molecular complexity index is 503. The molecule has 0 saturated carbocycles. The van der Waals surface area contributed by atoms with Crippen molar-refractivity contribution in [1.29, 1.82) is 0 Å². The van der Waals surface area contributed by atoms with E-state index in [1.54, 1.807) is 0 Å². The summed E-state index contributed by atoms with van der Waals surface area (Å²) in [5.74, 6) is 0.152. The number of nitrogens with zero attached hydrogens (tertiary/aromatic N) is 1. The van der Waals surface area contributed by atoms with Crippen molar-refractivity contribution in [2.45, 2.75) is 25.7 Å². The van der Waals surface area contributed by atoms with Crippen LogP contribution in [-0.4, -0.2) is 24.9 Å². The minimum atomic E-state index is -0.0659. The van der Waals surface area contributed by atoms with Crippen LogP contribution < -0.4 is 10.2 Å². The number of rotatable bonds is 1. The second-order valence-corrected chi connectivity index (χ2v) is 5.26. The molecule has 1 unspecified atom stereocenters. The maximum Gasteiger partial charge on any atom is 0.231 e. The van der Waals surface area contributed by atoms with E-state index in [1.165, 1.54) is 5.56 Å². The smallest absolute Gasteiger partial charge is 0.231 e. The van der Waals surface area contributed by atoms with Crippen molar-refractivity contribution in [1.82, 2.24) is 5.32 Å². The third kappa shape index (κ3) is 2.35. The molecule has 0 spiro atoms. The predicted molar refractivity (Wildman–Crippen MR) is 72.8 cm³/mol. The number of para-hydroxylation sites is 1. The van der Waals surface area contributed by atoms with Crippen LogP contribution in [0.3, 0.4) is 0 Å². The lowest BCUT2D eigenvalue weighted by Crippen LogP contribution is -2.46. The van der Waals surface area contributed by atoms with E-state index in [0.29, 0.717) is 19.4 Å². The topological polar surface area (TPSA) is 49.4 Å². The fraction of sp³-hybridized carbons (Fsp3) is 0.467. The van der Waals surface area contributed by atoms with Gasteiger partial charge < -0.3 is 10.2 Å². The summed E-state index contributed by atoms with van der Waals surface area (Å²) in [5.41, 5.74) is 2.30. The molecule has 1 saturated heterocycles. The zero-order chi connectivity index (χ0) is 13.2. The number of piperidine rings is 1. The molecule has 1 atom stereocenters. The molecule has 2 amide bonds. The van der Waals surface area contributed by atoms with Crippen LogP contribution in [0.4, 0.5) is 5.69 Å². The normalized spacial score (nSPS) is 22.6. The second-order valence-electron chi connectivity index (χ2n) is 5.26. The largest absolute Gasteiger partial charge is 0.355 e. The van der Waals surface area contributed by atoms with E-state index in [1.807, 2.05) is 23.1 Å². The van der Waals surface area contributed by atoms with E-state index in [-0.39, 0.29) is 17.7 Å². The summed E-state index contributed by atoms with van der Waals surface area (Å²) in [5, 5.41) is 2.79. The highest BCUT2D eigenvalue weighted by Crippen LogP contribution is 2.29. The van der Waals surface area contributed by atoms with Crippen LogP contribution in [-0.2, 0) is 16.0 Å². The van der Waals surface area contributed by atoms with E-state index in [0.717, 1.165) is 25.1 Å². The number of amides is 2. The molecule has 4 nitrogen and oxygen atoms in total. The Labute approximate surface area is 112 Å². The van der Waals surface area contributed by atoms with Crippen LogP contribution in [0.25, 0.3) is 0 Å². The summed E-state index contributed by atoms with van der Waals surface area (Å²) in [6.45, 7) is 1.27. The first-order valence-corrected chi connectivity index (χ1v) is 6.91. The van der Waals surface area contributed by atoms with Crippen LogP contribution >= 0.6 is 0 Å². The van der Waals surface area contributed by atoms with Gasteiger partial charge in [-0.05, 0) is 30.9 Å². The average molecular weight is 258 g/mol. The molecule has 1 N–H and O–H groups in total. The Morgan fingerprint density at radius 3 is 2.89 bits per heavy atom.